The van der Waals surface area contributed by atoms with Crippen LogP contribution in [0.15, 0.2) is 48.5 Å². The van der Waals surface area contributed by atoms with Crippen LogP contribution in [-0.2, 0) is 19.6 Å². The minimum Gasteiger partial charge on any atom is -0.497 e. The van der Waals surface area contributed by atoms with Crippen LogP contribution in [0, 0.1) is 0 Å². The second kappa shape index (κ2) is 11.9. The lowest BCUT2D eigenvalue weighted by Crippen LogP contribution is -2.45. The van der Waals surface area contributed by atoms with Crippen LogP contribution in [0.25, 0.3) is 0 Å². The summed E-state index contributed by atoms with van der Waals surface area (Å²) in [5.74, 6) is 0.707. The molecule has 3 rings (SSSR count). The lowest BCUT2D eigenvalue weighted by Gasteiger charge is -2.27. The van der Waals surface area contributed by atoms with Gasteiger partial charge in [-0.1, -0.05) is 0 Å². The molecule has 0 radical (unpaired) electrons. The van der Waals surface area contributed by atoms with Crippen LogP contribution < -0.4 is 19.1 Å². The van der Waals surface area contributed by atoms with Gasteiger partial charge in [-0.2, -0.15) is 0 Å². The van der Waals surface area contributed by atoms with Gasteiger partial charge in [0.2, 0.25) is 15.9 Å². The quantitative estimate of drug-likeness (QED) is 0.521. The summed E-state index contributed by atoms with van der Waals surface area (Å²) in [5, 5.41) is 2.75. The molecule has 2 aromatic rings. The Labute approximate surface area is 205 Å². The SMILES string of the molecule is COc1ccc(OCC(C)NC(=O)CN(c2ccc(C(=O)N3CCOCC3)cc2)S(C)(=O)=O)cc1. The zero-order valence-electron chi connectivity index (χ0n) is 20.1. The second-order valence-electron chi connectivity index (χ2n) is 8.18. The molecule has 10 nitrogen and oxygen atoms in total. The number of carbonyl (C=O) groups excluding carboxylic acids is 2. The predicted octanol–water partition coefficient (Wildman–Crippen LogP) is 1.52. The monoisotopic (exact) mass is 505 g/mol. The van der Waals surface area contributed by atoms with Gasteiger partial charge in [-0.3, -0.25) is 13.9 Å². The second-order valence-corrected chi connectivity index (χ2v) is 10.1. The number of sulfonamides is 1. The first-order valence-electron chi connectivity index (χ1n) is 11.2. The standard InChI is InChI=1S/C24H31N3O7S/c1-18(17-34-22-10-8-21(32-2)9-11-22)25-23(28)16-27(35(3,30)31)20-6-4-19(5-7-20)24(29)26-12-14-33-15-13-26/h4-11,18H,12-17H2,1-3H3,(H,25,28). The first-order chi connectivity index (χ1) is 16.7. The molecule has 1 fully saturated rings. The van der Waals surface area contributed by atoms with Crippen molar-refractivity contribution in [2.24, 2.45) is 0 Å². The van der Waals surface area contributed by atoms with E-state index in [2.05, 4.69) is 5.32 Å². The summed E-state index contributed by atoms with van der Waals surface area (Å²) in [6, 6.07) is 12.9. The number of benzene rings is 2. The molecule has 190 valence electrons. The molecule has 1 unspecified atom stereocenters. The van der Waals surface area contributed by atoms with Gasteiger partial charge >= 0.3 is 0 Å². The Morgan fingerprint density at radius 2 is 1.66 bits per heavy atom. The average molecular weight is 506 g/mol. The summed E-state index contributed by atoms with van der Waals surface area (Å²) in [6.45, 7) is 3.57. The molecular weight excluding hydrogens is 474 g/mol. The lowest BCUT2D eigenvalue weighted by atomic mass is 10.1. The van der Waals surface area contributed by atoms with E-state index >= 15 is 0 Å². The smallest absolute Gasteiger partial charge is 0.254 e. The number of ether oxygens (including phenoxy) is 3. The molecule has 0 bridgehead atoms. The molecule has 2 aromatic carbocycles. The van der Waals surface area contributed by atoms with Crippen molar-refractivity contribution in [1.82, 2.24) is 10.2 Å². The number of carbonyl (C=O) groups is 2. The van der Waals surface area contributed by atoms with Gasteiger partial charge in [0.05, 0.1) is 38.3 Å². The minimum absolute atomic E-state index is 0.144. The summed E-state index contributed by atoms with van der Waals surface area (Å²) >= 11 is 0. The molecule has 0 saturated carbocycles. The number of hydrogen-bond acceptors (Lipinski definition) is 7. The van der Waals surface area contributed by atoms with E-state index in [-0.39, 0.29) is 18.6 Å². The van der Waals surface area contributed by atoms with Gasteiger partial charge in [0.15, 0.2) is 0 Å². The summed E-state index contributed by atoms with van der Waals surface area (Å²) in [5.41, 5.74) is 0.737. The first kappa shape index (κ1) is 26.3. The Hall–Kier alpha value is -3.31. The zero-order valence-corrected chi connectivity index (χ0v) is 20.9. The van der Waals surface area contributed by atoms with E-state index in [1.807, 2.05) is 0 Å². The third kappa shape index (κ3) is 7.59. The van der Waals surface area contributed by atoms with Crippen LogP contribution in [0.3, 0.4) is 0 Å². The maximum Gasteiger partial charge on any atom is 0.254 e. The highest BCUT2D eigenvalue weighted by Gasteiger charge is 2.23. The number of amides is 2. The van der Waals surface area contributed by atoms with E-state index in [0.29, 0.717) is 49.1 Å². The molecule has 35 heavy (non-hydrogen) atoms. The van der Waals surface area contributed by atoms with Crippen LogP contribution in [0.5, 0.6) is 11.5 Å². The van der Waals surface area contributed by atoms with E-state index in [1.54, 1.807) is 55.3 Å². The molecular formula is C24H31N3O7S. The summed E-state index contributed by atoms with van der Waals surface area (Å²) < 4.78 is 41.8. The van der Waals surface area contributed by atoms with E-state index in [9.17, 15) is 18.0 Å². The van der Waals surface area contributed by atoms with Gasteiger partial charge in [-0.15, -0.1) is 0 Å². The fourth-order valence-electron chi connectivity index (χ4n) is 3.51. The third-order valence-electron chi connectivity index (χ3n) is 5.35. The van der Waals surface area contributed by atoms with Crippen LogP contribution in [0.4, 0.5) is 5.69 Å². The Balaban J connectivity index is 1.58. The number of hydrogen-bond donors (Lipinski definition) is 1. The van der Waals surface area contributed by atoms with Gasteiger partial charge in [0.1, 0.15) is 24.7 Å². The molecule has 0 aliphatic carbocycles. The van der Waals surface area contributed by atoms with E-state index in [4.69, 9.17) is 14.2 Å². The Morgan fingerprint density at radius 3 is 2.23 bits per heavy atom. The van der Waals surface area contributed by atoms with Gasteiger partial charge in [0.25, 0.3) is 5.91 Å². The van der Waals surface area contributed by atoms with Crippen molar-refractivity contribution in [3.05, 3.63) is 54.1 Å². The van der Waals surface area contributed by atoms with Gasteiger partial charge in [0, 0.05) is 18.7 Å². The third-order valence-corrected chi connectivity index (χ3v) is 6.50. The van der Waals surface area contributed by atoms with Crippen molar-refractivity contribution in [2.75, 3.05) is 57.1 Å². The summed E-state index contributed by atoms with van der Waals surface area (Å²) in [6.07, 6.45) is 1.03. The highest BCUT2D eigenvalue weighted by atomic mass is 32.2. The van der Waals surface area contributed by atoms with Gasteiger partial charge in [-0.25, -0.2) is 8.42 Å². The van der Waals surface area contributed by atoms with Crippen LogP contribution in [0.2, 0.25) is 0 Å². The number of nitrogens with zero attached hydrogens (tertiary/aromatic N) is 2. The molecule has 1 atom stereocenters. The van der Waals surface area contributed by atoms with Crippen LogP contribution >= 0.6 is 0 Å². The zero-order chi connectivity index (χ0) is 25.4. The Morgan fingerprint density at radius 1 is 1.06 bits per heavy atom. The molecule has 11 heteroatoms. The van der Waals surface area contributed by atoms with Crippen molar-refractivity contribution < 1.29 is 32.2 Å². The van der Waals surface area contributed by atoms with Crippen molar-refractivity contribution in [3.63, 3.8) is 0 Å². The summed E-state index contributed by atoms with van der Waals surface area (Å²) in [7, 11) is -2.17. The minimum atomic E-state index is -3.75. The van der Waals surface area contributed by atoms with E-state index < -0.39 is 22.5 Å². The normalized spacial score (nSPS) is 14.7. The van der Waals surface area contributed by atoms with E-state index in [0.717, 1.165) is 10.6 Å². The highest BCUT2D eigenvalue weighted by Crippen LogP contribution is 2.20. The number of rotatable bonds is 10. The molecule has 1 heterocycles. The Bertz CT molecular complexity index is 1100. The Kier molecular flexibility index (Phi) is 8.94. The fourth-order valence-corrected chi connectivity index (χ4v) is 4.36. The van der Waals surface area contributed by atoms with Gasteiger partial charge < -0.3 is 24.4 Å². The molecule has 1 aliphatic heterocycles. The number of morpholine rings is 1. The molecule has 2 amide bonds. The number of anilines is 1. The molecule has 1 saturated heterocycles. The lowest BCUT2D eigenvalue weighted by molar-refractivity contribution is -0.120. The number of nitrogens with one attached hydrogen (secondary N) is 1. The van der Waals surface area contributed by atoms with Crippen molar-refractivity contribution in [3.8, 4) is 11.5 Å². The maximum atomic E-state index is 12.6. The first-order valence-corrected chi connectivity index (χ1v) is 13.0. The predicted molar refractivity (Wildman–Crippen MR) is 131 cm³/mol. The molecule has 1 aliphatic rings. The number of methoxy groups -OCH3 is 1. The van der Waals surface area contributed by atoms with Crippen molar-refractivity contribution in [2.45, 2.75) is 13.0 Å². The van der Waals surface area contributed by atoms with Crippen LogP contribution in [-0.4, -0.2) is 84.0 Å². The van der Waals surface area contributed by atoms with Crippen molar-refractivity contribution in [1.29, 1.82) is 0 Å². The largest absolute Gasteiger partial charge is 0.497 e. The van der Waals surface area contributed by atoms with Crippen LogP contribution in [0.1, 0.15) is 17.3 Å². The molecule has 0 spiro atoms. The average Bonchev–Trinajstić information content (AvgIpc) is 2.86. The van der Waals surface area contributed by atoms with Crippen molar-refractivity contribution >= 4 is 27.5 Å². The maximum absolute atomic E-state index is 12.6. The summed E-state index contributed by atoms with van der Waals surface area (Å²) in [4.78, 5) is 26.9. The topological polar surface area (TPSA) is 114 Å². The fraction of sp³-hybridized carbons (Fsp3) is 0.417. The van der Waals surface area contributed by atoms with Gasteiger partial charge in [-0.05, 0) is 55.5 Å². The van der Waals surface area contributed by atoms with E-state index in [1.165, 1.54) is 12.1 Å². The highest BCUT2D eigenvalue weighted by molar-refractivity contribution is 7.92. The molecule has 0 aromatic heterocycles. The molecule has 1 N–H and O–H groups in total.